The molecule has 0 aliphatic carbocycles. The molecule has 0 saturated carbocycles. The number of aromatic carboxylic acids is 1. The van der Waals surface area contributed by atoms with Crippen LogP contribution in [0.4, 0.5) is 29.5 Å². The van der Waals surface area contributed by atoms with E-state index < -0.39 is 51.7 Å². The zero-order valence-electron chi connectivity index (χ0n) is 49.4. The van der Waals surface area contributed by atoms with Crippen molar-refractivity contribution in [2.24, 2.45) is 11.8 Å². The van der Waals surface area contributed by atoms with Crippen molar-refractivity contribution >= 4 is 45.8 Å². The van der Waals surface area contributed by atoms with Crippen LogP contribution in [0.25, 0.3) is 56.0 Å². The van der Waals surface area contributed by atoms with Gasteiger partial charge in [-0.2, -0.15) is 9.97 Å². The first-order valence-corrected chi connectivity index (χ1v) is 29.7. The molecule has 4 aromatic carbocycles. The van der Waals surface area contributed by atoms with Crippen LogP contribution >= 0.6 is 0 Å². The van der Waals surface area contributed by atoms with E-state index in [1.54, 1.807) is 38.4 Å². The number of aryl methyl sites for hydroxylation is 2. The molecule has 1 N–H and O–H groups in total. The number of anilines is 2. The van der Waals surface area contributed by atoms with Gasteiger partial charge in [-0.25, -0.2) is 32.3 Å². The van der Waals surface area contributed by atoms with Crippen LogP contribution in [0.1, 0.15) is 97.1 Å². The number of amides is 1. The second-order valence-corrected chi connectivity index (χ2v) is 23.8. The van der Waals surface area contributed by atoms with Crippen molar-refractivity contribution in [2.45, 2.75) is 91.1 Å². The van der Waals surface area contributed by atoms with Gasteiger partial charge in [0.2, 0.25) is 11.9 Å². The van der Waals surface area contributed by atoms with Crippen LogP contribution in [0.3, 0.4) is 0 Å². The number of nitrogens with zero attached hydrogens (tertiary/aromatic N) is 11. The highest BCUT2D eigenvalue weighted by Gasteiger charge is 2.32. The van der Waals surface area contributed by atoms with Crippen LogP contribution in [-0.2, 0) is 0 Å². The van der Waals surface area contributed by atoms with Gasteiger partial charge in [-0.05, 0) is 175 Å². The molecule has 448 valence electrons. The average Bonchev–Trinajstić information content (AvgIpc) is 0.873. The van der Waals surface area contributed by atoms with Crippen LogP contribution in [0.5, 0.6) is 0 Å². The van der Waals surface area contributed by atoms with E-state index in [1.807, 2.05) is 24.8 Å². The van der Waals surface area contributed by atoms with Gasteiger partial charge in [0.05, 0.1) is 17.0 Å². The number of benzene rings is 4. The Balaban J connectivity index is 0.000000179. The molecular formula is C66H71F4N11O5. The summed E-state index contributed by atoms with van der Waals surface area (Å²) in [5.74, 6) is -2.54. The largest absolute Gasteiger partial charge is 0.478 e. The molecule has 0 unspecified atom stereocenters. The number of hydrogen-bond donors (Lipinski definition) is 1. The molecular weight excluding hydrogens is 1100 g/mol. The summed E-state index contributed by atoms with van der Waals surface area (Å²) in [4.78, 5) is 81.6. The van der Waals surface area contributed by atoms with Crippen molar-refractivity contribution in [3.63, 3.8) is 0 Å². The highest BCUT2D eigenvalue weighted by atomic mass is 19.1. The minimum atomic E-state index is -1.09. The molecule has 4 aliphatic rings. The Hall–Kier alpha value is -8.36. The second kappa shape index (κ2) is 24.9. The number of halogens is 4. The van der Waals surface area contributed by atoms with Crippen molar-refractivity contribution in [2.75, 3.05) is 76.3 Å². The standard InChI is InChI=1S/C34H38F2N6O2.C32H33F2N5O3/c1-21-12-16-40(17-13-21)24-14-18-41(19-15-24)34-37-30(26-20-23(9-8-22(26)2)33(44)39(3)4)25-10-11-29(43)42(32(25)38-34)31-27(35)6-5-7-28(31)36;1-19-10-14-37(15-11-19)22-12-16-38(17-13-22)32-35-28(24-18-21(31(41)42)7-6-20(24)2)23-8-9-27(40)39(30(23)36-32)29-25(33)4-3-5-26(29)34/h5-11,20-21,24H,12-19H2,1-4H3;3-9,18-19,22H,10-17H2,1-2H3,(H,41,42). The smallest absolute Gasteiger partial charge is 0.335 e. The molecule has 0 radical (unpaired) electrons. The molecule has 0 spiro atoms. The van der Waals surface area contributed by atoms with Gasteiger partial charge in [-0.15, -0.1) is 0 Å². The molecule has 12 rings (SSSR count). The number of para-hydroxylation sites is 2. The highest BCUT2D eigenvalue weighted by molar-refractivity contribution is 5.99. The van der Waals surface area contributed by atoms with Gasteiger partial charge < -0.3 is 29.6 Å². The van der Waals surface area contributed by atoms with Crippen LogP contribution < -0.4 is 20.9 Å². The lowest BCUT2D eigenvalue weighted by atomic mass is 9.95. The van der Waals surface area contributed by atoms with Crippen molar-refractivity contribution in [1.29, 1.82) is 0 Å². The first kappa shape index (κ1) is 59.4. The maximum Gasteiger partial charge on any atom is 0.335 e. The summed E-state index contributed by atoms with van der Waals surface area (Å²) < 4.78 is 62.3. The molecule has 16 nitrogen and oxygen atoms in total. The predicted molar refractivity (Wildman–Crippen MR) is 326 cm³/mol. The van der Waals surface area contributed by atoms with Crippen molar-refractivity contribution in [1.82, 2.24) is 43.8 Å². The maximum absolute atomic E-state index is 15.1. The highest BCUT2D eigenvalue weighted by Crippen LogP contribution is 2.37. The van der Waals surface area contributed by atoms with Gasteiger partial charge in [0.1, 0.15) is 34.6 Å². The van der Waals surface area contributed by atoms with E-state index in [0.717, 1.165) is 108 Å². The molecule has 86 heavy (non-hydrogen) atoms. The van der Waals surface area contributed by atoms with Crippen LogP contribution in [0.2, 0.25) is 0 Å². The third-order valence-electron chi connectivity index (χ3n) is 17.8. The summed E-state index contributed by atoms with van der Waals surface area (Å²) in [5.41, 5.74) is 2.21. The van der Waals surface area contributed by atoms with Gasteiger partial charge in [-0.3, -0.25) is 23.5 Å². The predicted octanol–water partition coefficient (Wildman–Crippen LogP) is 10.9. The molecule has 4 aliphatic heterocycles. The Kier molecular flexibility index (Phi) is 17.2. The molecule has 0 bridgehead atoms. The molecule has 0 atom stereocenters. The molecule has 4 fully saturated rings. The second-order valence-electron chi connectivity index (χ2n) is 23.8. The number of aromatic nitrogens is 6. The number of carbonyl (C=O) groups excluding carboxylic acids is 1. The van der Waals surface area contributed by atoms with E-state index in [4.69, 9.17) is 19.9 Å². The Morgan fingerprint density at radius 3 is 1.24 bits per heavy atom. The number of hydrogen-bond acceptors (Lipinski definition) is 12. The number of fused-ring (bicyclic) bond motifs is 2. The summed E-state index contributed by atoms with van der Waals surface area (Å²) in [7, 11) is 3.38. The summed E-state index contributed by atoms with van der Waals surface area (Å²) in [6, 6.07) is 23.7. The van der Waals surface area contributed by atoms with Crippen LogP contribution in [0, 0.1) is 49.0 Å². The number of piperidine rings is 4. The summed E-state index contributed by atoms with van der Waals surface area (Å²) in [6.07, 6.45) is 8.57. The third kappa shape index (κ3) is 12.0. The van der Waals surface area contributed by atoms with E-state index in [0.29, 0.717) is 89.0 Å². The normalized spacial score (nSPS) is 17.0. The van der Waals surface area contributed by atoms with E-state index in [-0.39, 0.29) is 22.8 Å². The Bertz CT molecular complexity index is 3970. The fourth-order valence-electron chi connectivity index (χ4n) is 12.7. The summed E-state index contributed by atoms with van der Waals surface area (Å²) in [5, 5.41) is 10.5. The number of carboxylic acid groups (broad SMARTS) is 1. The number of likely N-dealkylation sites (tertiary alicyclic amines) is 2. The first-order chi connectivity index (χ1) is 41.3. The fourth-order valence-corrected chi connectivity index (χ4v) is 12.7. The number of carboxylic acids is 1. The topological polar surface area (TPSA) is 166 Å². The molecule has 8 aromatic rings. The lowest BCUT2D eigenvalue weighted by Gasteiger charge is -2.41. The third-order valence-corrected chi connectivity index (χ3v) is 17.8. The molecule has 4 saturated heterocycles. The van der Waals surface area contributed by atoms with E-state index >= 15 is 17.6 Å². The lowest BCUT2D eigenvalue weighted by Crippen LogP contribution is -2.48. The quantitative estimate of drug-likeness (QED) is 0.129. The number of rotatable bonds is 10. The lowest BCUT2D eigenvalue weighted by molar-refractivity contribution is 0.0696. The number of pyridine rings is 2. The monoisotopic (exact) mass is 1170 g/mol. The summed E-state index contributed by atoms with van der Waals surface area (Å²) >= 11 is 0. The van der Waals surface area contributed by atoms with Crippen molar-refractivity contribution in [3.05, 3.63) is 163 Å². The average molecular weight is 1170 g/mol. The fraction of sp³-hybridized carbons (Fsp3) is 0.394. The van der Waals surface area contributed by atoms with Crippen LogP contribution in [-0.4, -0.2) is 139 Å². The SMILES string of the molecule is Cc1ccc(C(=O)N(C)C)cc1-c1nc(N2CCC(N3CCC(C)CC3)CC2)nc2c1ccc(=O)n2-c1c(F)cccc1F.Cc1ccc(C(=O)O)cc1-c1nc(N2CCC(N3CCC(C)CC3)CC2)nc2c1ccc(=O)n2-c1c(F)cccc1F. The molecule has 20 heteroatoms. The summed E-state index contributed by atoms with van der Waals surface area (Å²) in [6.45, 7) is 15.6. The van der Waals surface area contributed by atoms with Gasteiger partial charge in [0.15, 0.2) is 11.3 Å². The van der Waals surface area contributed by atoms with E-state index in [1.165, 1.54) is 73.0 Å². The van der Waals surface area contributed by atoms with E-state index in [9.17, 15) is 24.3 Å². The van der Waals surface area contributed by atoms with Gasteiger partial charge >= 0.3 is 5.97 Å². The molecule has 8 heterocycles. The van der Waals surface area contributed by atoms with Gasteiger partial charge in [-0.1, -0.05) is 38.1 Å². The maximum atomic E-state index is 15.1. The zero-order valence-corrected chi connectivity index (χ0v) is 49.4. The zero-order chi connectivity index (χ0) is 60.7. The van der Waals surface area contributed by atoms with E-state index in [2.05, 4.69) is 28.5 Å². The Morgan fingerprint density at radius 2 is 0.872 bits per heavy atom. The van der Waals surface area contributed by atoms with Crippen LogP contribution in [0.15, 0.2) is 107 Å². The van der Waals surface area contributed by atoms with Crippen molar-refractivity contribution < 1.29 is 32.3 Å². The molecule has 1 amide bonds. The Labute approximate surface area is 496 Å². The van der Waals surface area contributed by atoms with Gasteiger partial charge in [0.25, 0.3) is 17.0 Å². The van der Waals surface area contributed by atoms with Gasteiger partial charge in [0, 0.05) is 92.0 Å². The minimum absolute atomic E-state index is 0.0544. The first-order valence-electron chi connectivity index (χ1n) is 29.7. The molecule has 4 aromatic heterocycles. The Morgan fingerprint density at radius 1 is 0.500 bits per heavy atom. The van der Waals surface area contributed by atoms with Crippen molar-refractivity contribution in [3.8, 4) is 33.9 Å². The number of carbonyl (C=O) groups is 2. The minimum Gasteiger partial charge on any atom is -0.478 e.